The topological polar surface area (TPSA) is 16.4 Å². The molecule has 260 valence electrons. The Morgan fingerprint density at radius 2 is 1.07 bits per heavy atom. The van der Waals surface area contributed by atoms with Crippen LogP contribution in [-0.2, 0) is 5.41 Å². The first-order chi connectivity index (χ1) is 27.0. The Balaban J connectivity index is 1.07. The van der Waals surface area contributed by atoms with E-state index >= 15 is 0 Å². The molecule has 0 radical (unpaired) electrons. The van der Waals surface area contributed by atoms with Crippen molar-refractivity contribution in [2.75, 3.05) is 4.90 Å². The third kappa shape index (κ3) is 4.95. The van der Waals surface area contributed by atoms with Gasteiger partial charge in [-0.15, -0.1) is 0 Å². The first-order valence-corrected chi connectivity index (χ1v) is 19.1. The first-order valence-electron chi connectivity index (χ1n) is 19.1. The first kappa shape index (κ1) is 31.6. The van der Waals surface area contributed by atoms with Crippen LogP contribution in [0.2, 0.25) is 0 Å². The van der Waals surface area contributed by atoms with Crippen molar-refractivity contribution in [1.82, 2.24) is 0 Å². The number of hydrogen-bond acceptors (Lipinski definition) is 2. The number of benzene rings is 9. The summed E-state index contributed by atoms with van der Waals surface area (Å²) in [5.74, 6) is 0. The quantitative estimate of drug-likeness (QED) is 0.177. The summed E-state index contributed by atoms with van der Waals surface area (Å²) in [5, 5.41) is 7.09. The predicted octanol–water partition coefficient (Wildman–Crippen LogP) is 15.0. The normalized spacial score (nSPS) is 13.1. The van der Waals surface area contributed by atoms with Crippen LogP contribution in [-0.4, -0.2) is 0 Å². The Labute approximate surface area is 320 Å². The second-order valence-electron chi connectivity index (χ2n) is 15.3. The molecule has 0 saturated heterocycles. The van der Waals surface area contributed by atoms with Gasteiger partial charge in [0.25, 0.3) is 0 Å². The zero-order valence-corrected chi connectivity index (χ0v) is 30.8. The molecule has 1 heterocycles. The van der Waals surface area contributed by atoms with Gasteiger partial charge in [0.05, 0.1) is 0 Å². The van der Waals surface area contributed by atoms with Crippen molar-refractivity contribution in [2.24, 2.45) is 0 Å². The predicted molar refractivity (Wildman–Crippen MR) is 232 cm³/mol. The molecule has 11 rings (SSSR count). The summed E-state index contributed by atoms with van der Waals surface area (Å²) in [6.07, 6.45) is 0. The molecule has 0 fully saturated rings. The highest BCUT2D eigenvalue weighted by Gasteiger charge is 2.35. The van der Waals surface area contributed by atoms with Crippen LogP contribution in [0.4, 0.5) is 17.1 Å². The molecular weight excluding hydrogens is 667 g/mol. The fourth-order valence-corrected chi connectivity index (χ4v) is 9.06. The molecule has 2 heteroatoms. The Morgan fingerprint density at radius 3 is 1.96 bits per heavy atom. The Hall–Kier alpha value is -6.90. The van der Waals surface area contributed by atoms with Gasteiger partial charge in [0.2, 0.25) is 0 Å². The highest BCUT2D eigenvalue weighted by atomic mass is 16.3. The number of hydrogen-bond donors (Lipinski definition) is 0. The minimum Gasteiger partial charge on any atom is -0.455 e. The van der Waals surface area contributed by atoms with E-state index in [-0.39, 0.29) is 5.41 Å². The second-order valence-corrected chi connectivity index (χ2v) is 15.3. The van der Waals surface area contributed by atoms with Crippen LogP contribution in [0.5, 0.6) is 0 Å². The lowest BCUT2D eigenvalue weighted by molar-refractivity contribution is 0.660. The molecule has 0 N–H and O–H groups in total. The lowest BCUT2D eigenvalue weighted by Gasteiger charge is -2.28. The number of fused-ring (bicyclic) bond motifs is 9. The molecule has 1 aliphatic rings. The van der Waals surface area contributed by atoms with Crippen LogP contribution in [0.25, 0.3) is 76.9 Å². The Morgan fingerprint density at radius 1 is 0.400 bits per heavy atom. The molecular formula is C53H37NO. The van der Waals surface area contributed by atoms with Crippen molar-refractivity contribution in [2.45, 2.75) is 19.3 Å². The van der Waals surface area contributed by atoms with Crippen molar-refractivity contribution in [1.29, 1.82) is 0 Å². The highest BCUT2D eigenvalue weighted by molar-refractivity contribution is 6.19. The van der Waals surface area contributed by atoms with Gasteiger partial charge in [-0.1, -0.05) is 147 Å². The number of rotatable bonds is 5. The fourth-order valence-electron chi connectivity index (χ4n) is 9.06. The molecule has 0 bridgehead atoms. The van der Waals surface area contributed by atoms with E-state index in [0.29, 0.717) is 0 Å². The summed E-state index contributed by atoms with van der Waals surface area (Å²) in [7, 11) is 0. The molecule has 0 spiro atoms. The minimum atomic E-state index is -0.114. The SMILES string of the molecule is CC1(C)c2ccccc2-c2ccc(N(c3ccc(-c4ccc5ccccc5c4)cc3)c3cccc(-c4cccc5oc6c7ccccc7ccc6c45)c3)cc21. The molecule has 0 aliphatic heterocycles. The Bertz CT molecular complexity index is 3130. The molecule has 9 aromatic carbocycles. The van der Waals surface area contributed by atoms with E-state index in [0.717, 1.165) is 55.5 Å². The van der Waals surface area contributed by atoms with Crippen LogP contribution in [0.1, 0.15) is 25.0 Å². The van der Waals surface area contributed by atoms with E-state index in [1.54, 1.807) is 0 Å². The maximum Gasteiger partial charge on any atom is 0.143 e. The number of furan rings is 1. The number of anilines is 3. The van der Waals surface area contributed by atoms with Crippen molar-refractivity contribution in [3.8, 4) is 33.4 Å². The van der Waals surface area contributed by atoms with Crippen molar-refractivity contribution >= 4 is 60.5 Å². The average molecular weight is 704 g/mol. The molecule has 55 heavy (non-hydrogen) atoms. The highest BCUT2D eigenvalue weighted by Crippen LogP contribution is 2.51. The summed E-state index contributed by atoms with van der Waals surface area (Å²) < 4.78 is 6.59. The van der Waals surface area contributed by atoms with Gasteiger partial charge in [0.15, 0.2) is 0 Å². The van der Waals surface area contributed by atoms with Gasteiger partial charge in [-0.2, -0.15) is 0 Å². The average Bonchev–Trinajstić information content (AvgIpc) is 3.73. The van der Waals surface area contributed by atoms with Gasteiger partial charge in [0, 0.05) is 38.6 Å². The monoisotopic (exact) mass is 703 g/mol. The molecule has 2 nitrogen and oxygen atoms in total. The summed E-state index contributed by atoms with van der Waals surface area (Å²) in [6, 6.07) is 68.5. The standard InChI is InChI=1S/C53H37NO/c1-53(2)48-19-8-7-17-45(48)46-30-28-42(33-49(46)53)54(40-26-23-35(24-27-40)38-22-21-34-11-3-4-13-37(34)31-38)41-15-9-14-39(32-41)43-18-10-20-50-51(43)47-29-25-36-12-5-6-16-44(36)52(47)55-50/h3-33H,1-2H3. The third-order valence-corrected chi connectivity index (χ3v) is 11.8. The molecule has 0 atom stereocenters. The van der Waals surface area contributed by atoms with E-state index in [4.69, 9.17) is 4.42 Å². The summed E-state index contributed by atoms with van der Waals surface area (Å²) in [6.45, 7) is 4.70. The van der Waals surface area contributed by atoms with Crippen molar-refractivity contribution in [3.63, 3.8) is 0 Å². The molecule has 0 unspecified atom stereocenters. The fraction of sp³-hybridized carbons (Fsp3) is 0.0566. The van der Waals surface area contributed by atoms with E-state index in [2.05, 4.69) is 207 Å². The molecule has 1 aliphatic carbocycles. The van der Waals surface area contributed by atoms with Crippen LogP contribution >= 0.6 is 0 Å². The smallest absolute Gasteiger partial charge is 0.143 e. The molecule has 0 amide bonds. The Kier molecular flexibility index (Phi) is 6.93. The van der Waals surface area contributed by atoms with Crippen LogP contribution < -0.4 is 4.90 Å². The van der Waals surface area contributed by atoms with Gasteiger partial charge >= 0.3 is 0 Å². The van der Waals surface area contributed by atoms with Crippen LogP contribution in [0, 0.1) is 0 Å². The summed E-state index contributed by atoms with van der Waals surface area (Å²) >= 11 is 0. The van der Waals surface area contributed by atoms with Gasteiger partial charge in [-0.25, -0.2) is 0 Å². The van der Waals surface area contributed by atoms with E-state index in [9.17, 15) is 0 Å². The van der Waals surface area contributed by atoms with Gasteiger partial charge in [-0.05, 0) is 115 Å². The van der Waals surface area contributed by atoms with Crippen LogP contribution in [0.15, 0.2) is 192 Å². The van der Waals surface area contributed by atoms with E-state index in [1.165, 1.54) is 49.5 Å². The largest absolute Gasteiger partial charge is 0.455 e. The third-order valence-electron chi connectivity index (χ3n) is 11.8. The van der Waals surface area contributed by atoms with Gasteiger partial charge in [-0.3, -0.25) is 0 Å². The van der Waals surface area contributed by atoms with E-state index < -0.39 is 0 Å². The molecule has 1 aromatic heterocycles. The lowest BCUT2D eigenvalue weighted by Crippen LogP contribution is -2.16. The van der Waals surface area contributed by atoms with Gasteiger partial charge < -0.3 is 9.32 Å². The van der Waals surface area contributed by atoms with Gasteiger partial charge in [0.1, 0.15) is 11.2 Å². The minimum absolute atomic E-state index is 0.114. The van der Waals surface area contributed by atoms with Crippen molar-refractivity contribution in [3.05, 3.63) is 199 Å². The second kappa shape index (κ2) is 12.1. The number of nitrogens with zero attached hydrogens (tertiary/aromatic N) is 1. The summed E-state index contributed by atoms with van der Waals surface area (Å²) in [4.78, 5) is 2.41. The van der Waals surface area contributed by atoms with E-state index in [1.807, 2.05) is 0 Å². The van der Waals surface area contributed by atoms with Crippen LogP contribution in [0.3, 0.4) is 0 Å². The van der Waals surface area contributed by atoms with Crippen molar-refractivity contribution < 1.29 is 4.42 Å². The maximum absolute atomic E-state index is 6.59. The zero-order valence-electron chi connectivity index (χ0n) is 30.8. The summed E-state index contributed by atoms with van der Waals surface area (Å²) in [5.41, 5.74) is 15.1. The molecule has 10 aromatic rings. The molecule has 0 saturated carbocycles. The lowest BCUT2D eigenvalue weighted by atomic mass is 9.82. The zero-order chi connectivity index (χ0) is 36.7. The maximum atomic E-state index is 6.59.